The highest BCUT2D eigenvalue weighted by Gasteiger charge is 2.18. The molecule has 6 nitrogen and oxygen atoms in total. The molecule has 6 heteroatoms. The minimum Gasteiger partial charge on any atom is -0.501 e. The summed E-state index contributed by atoms with van der Waals surface area (Å²) in [5.74, 6) is -1.02. The lowest BCUT2D eigenvalue weighted by molar-refractivity contribution is -0.390. The number of nitro groups is 1. The second kappa shape index (κ2) is 4.17. The van der Waals surface area contributed by atoms with Gasteiger partial charge in [-0.05, 0) is 41.1 Å². The van der Waals surface area contributed by atoms with Gasteiger partial charge in [0.2, 0.25) is 11.4 Å². The molecule has 2 aromatic rings. The third kappa shape index (κ3) is 2.20. The standard InChI is InChI=1S/C11H9N3O3/c1-7-3-2-4-8(12-7)9-5-6-10(15)11(13-9)14(16)17/h2-6,15H,1H3. The average molecular weight is 231 g/mol. The van der Waals surface area contributed by atoms with Crippen LogP contribution in [-0.4, -0.2) is 20.0 Å². The topological polar surface area (TPSA) is 89.2 Å². The summed E-state index contributed by atoms with van der Waals surface area (Å²) in [6.45, 7) is 1.82. The van der Waals surface area contributed by atoms with Gasteiger partial charge in [0, 0.05) is 5.69 Å². The molecule has 0 aliphatic carbocycles. The van der Waals surface area contributed by atoms with Gasteiger partial charge in [-0.15, -0.1) is 0 Å². The van der Waals surface area contributed by atoms with Gasteiger partial charge in [-0.1, -0.05) is 6.07 Å². The highest BCUT2D eigenvalue weighted by Crippen LogP contribution is 2.26. The molecular weight excluding hydrogens is 222 g/mol. The fourth-order valence-electron chi connectivity index (χ4n) is 1.40. The van der Waals surface area contributed by atoms with Crippen molar-refractivity contribution in [3.05, 3.63) is 46.1 Å². The molecule has 0 fully saturated rings. The lowest BCUT2D eigenvalue weighted by Crippen LogP contribution is -1.95. The molecule has 0 spiro atoms. The largest absolute Gasteiger partial charge is 0.501 e. The van der Waals surface area contributed by atoms with E-state index >= 15 is 0 Å². The number of aryl methyl sites for hydroxylation is 1. The molecule has 0 radical (unpaired) electrons. The molecule has 0 aliphatic heterocycles. The van der Waals surface area contributed by atoms with Crippen LogP contribution in [0, 0.1) is 17.0 Å². The Labute approximate surface area is 96.7 Å². The number of rotatable bonds is 2. The molecule has 1 N–H and O–H groups in total. The van der Waals surface area contributed by atoms with Crippen LogP contribution in [0.3, 0.4) is 0 Å². The molecule has 17 heavy (non-hydrogen) atoms. The third-order valence-corrected chi connectivity index (χ3v) is 2.18. The van der Waals surface area contributed by atoms with Gasteiger partial charge in [0.1, 0.15) is 5.69 Å². The van der Waals surface area contributed by atoms with Gasteiger partial charge >= 0.3 is 5.82 Å². The quantitative estimate of drug-likeness (QED) is 0.631. The van der Waals surface area contributed by atoms with Gasteiger partial charge < -0.3 is 15.2 Å². The highest BCUT2D eigenvalue weighted by molar-refractivity contribution is 5.58. The van der Waals surface area contributed by atoms with E-state index in [9.17, 15) is 15.2 Å². The van der Waals surface area contributed by atoms with Crippen molar-refractivity contribution in [3.8, 4) is 17.1 Å². The van der Waals surface area contributed by atoms with Crippen molar-refractivity contribution in [2.24, 2.45) is 0 Å². The number of hydrogen-bond acceptors (Lipinski definition) is 5. The summed E-state index contributed by atoms with van der Waals surface area (Å²) in [6.07, 6.45) is 0. The molecule has 2 aromatic heterocycles. The summed E-state index contributed by atoms with van der Waals surface area (Å²) < 4.78 is 0. The van der Waals surface area contributed by atoms with Crippen LogP contribution < -0.4 is 0 Å². The molecule has 0 amide bonds. The Hall–Kier alpha value is -2.50. The van der Waals surface area contributed by atoms with Gasteiger partial charge in [-0.25, -0.2) is 4.98 Å². The molecule has 2 rings (SSSR count). The Morgan fingerprint density at radius 1 is 1.18 bits per heavy atom. The predicted octanol–water partition coefficient (Wildman–Crippen LogP) is 2.07. The minimum atomic E-state index is -0.728. The maximum atomic E-state index is 10.6. The van der Waals surface area contributed by atoms with E-state index in [1.165, 1.54) is 12.1 Å². The van der Waals surface area contributed by atoms with E-state index in [-0.39, 0.29) is 0 Å². The third-order valence-electron chi connectivity index (χ3n) is 2.18. The highest BCUT2D eigenvalue weighted by atomic mass is 16.6. The molecule has 0 aliphatic rings. The first-order valence-corrected chi connectivity index (χ1v) is 4.86. The first-order valence-electron chi connectivity index (χ1n) is 4.86. The van der Waals surface area contributed by atoms with Gasteiger partial charge in [0.15, 0.2) is 0 Å². The summed E-state index contributed by atoms with van der Waals surface area (Å²) in [5, 5.41) is 19.9. The van der Waals surface area contributed by atoms with E-state index in [0.717, 1.165) is 5.69 Å². The van der Waals surface area contributed by atoms with Gasteiger partial charge in [-0.2, -0.15) is 0 Å². The number of aromatic hydroxyl groups is 1. The van der Waals surface area contributed by atoms with Crippen molar-refractivity contribution >= 4 is 5.82 Å². The fraction of sp³-hybridized carbons (Fsp3) is 0.0909. The maximum absolute atomic E-state index is 10.6. The first kappa shape index (κ1) is 11.0. The van der Waals surface area contributed by atoms with Crippen LogP contribution in [-0.2, 0) is 0 Å². The molecule has 0 unspecified atom stereocenters. The lowest BCUT2D eigenvalue weighted by atomic mass is 10.2. The predicted molar refractivity (Wildman–Crippen MR) is 60.5 cm³/mol. The zero-order valence-electron chi connectivity index (χ0n) is 8.99. The molecule has 0 saturated carbocycles. The average Bonchev–Trinajstić information content (AvgIpc) is 2.29. The smallest absolute Gasteiger partial charge is 0.406 e. The molecule has 2 heterocycles. The molecule has 0 bridgehead atoms. The van der Waals surface area contributed by atoms with Crippen LogP contribution in [0.4, 0.5) is 5.82 Å². The number of hydrogen-bond donors (Lipinski definition) is 1. The van der Waals surface area contributed by atoms with E-state index in [1.54, 1.807) is 12.1 Å². The van der Waals surface area contributed by atoms with Crippen molar-refractivity contribution in [1.82, 2.24) is 9.97 Å². The summed E-state index contributed by atoms with van der Waals surface area (Å²) >= 11 is 0. The summed E-state index contributed by atoms with van der Waals surface area (Å²) in [7, 11) is 0. The monoisotopic (exact) mass is 231 g/mol. The van der Waals surface area contributed by atoms with E-state index in [4.69, 9.17) is 0 Å². The molecule has 0 atom stereocenters. The lowest BCUT2D eigenvalue weighted by Gasteiger charge is -1.99. The SMILES string of the molecule is Cc1cccc(-c2ccc(O)c([N+](=O)[O-])n2)n1. The number of aromatic nitrogens is 2. The Kier molecular flexibility index (Phi) is 2.70. The minimum absolute atomic E-state index is 0.359. The Bertz CT molecular complexity index is 584. The van der Waals surface area contributed by atoms with Crippen LogP contribution in [0.2, 0.25) is 0 Å². The van der Waals surface area contributed by atoms with E-state index in [0.29, 0.717) is 11.4 Å². The zero-order chi connectivity index (χ0) is 12.4. The first-order chi connectivity index (χ1) is 8.08. The van der Waals surface area contributed by atoms with Crippen LogP contribution in [0.5, 0.6) is 5.75 Å². The van der Waals surface area contributed by atoms with E-state index in [2.05, 4.69) is 9.97 Å². The van der Waals surface area contributed by atoms with Gasteiger partial charge in [0.05, 0.1) is 0 Å². The molecular formula is C11H9N3O3. The number of pyridine rings is 2. The summed E-state index contributed by atoms with van der Waals surface area (Å²) in [5.41, 5.74) is 1.69. The Morgan fingerprint density at radius 3 is 2.53 bits per heavy atom. The van der Waals surface area contributed by atoms with Crippen molar-refractivity contribution in [2.45, 2.75) is 6.92 Å². The van der Waals surface area contributed by atoms with Crippen molar-refractivity contribution in [2.75, 3.05) is 0 Å². The Balaban J connectivity index is 2.54. The van der Waals surface area contributed by atoms with Crippen molar-refractivity contribution < 1.29 is 10.0 Å². The number of nitrogens with zero attached hydrogens (tertiary/aromatic N) is 3. The van der Waals surface area contributed by atoms with Crippen LogP contribution in [0.15, 0.2) is 30.3 Å². The van der Waals surface area contributed by atoms with E-state index < -0.39 is 16.5 Å². The Morgan fingerprint density at radius 2 is 1.88 bits per heavy atom. The van der Waals surface area contributed by atoms with Crippen LogP contribution in [0.1, 0.15) is 5.69 Å². The second-order valence-corrected chi connectivity index (χ2v) is 3.46. The van der Waals surface area contributed by atoms with Gasteiger partial charge in [0.25, 0.3) is 0 Å². The summed E-state index contributed by atoms with van der Waals surface area (Å²) in [6, 6.07) is 8.04. The normalized spacial score (nSPS) is 10.2. The van der Waals surface area contributed by atoms with E-state index in [1.807, 2.05) is 13.0 Å². The maximum Gasteiger partial charge on any atom is 0.406 e. The zero-order valence-corrected chi connectivity index (χ0v) is 8.99. The van der Waals surface area contributed by atoms with Crippen LogP contribution in [0.25, 0.3) is 11.4 Å². The van der Waals surface area contributed by atoms with Gasteiger partial charge in [-0.3, -0.25) is 0 Å². The molecule has 86 valence electrons. The molecule has 0 saturated heterocycles. The van der Waals surface area contributed by atoms with Crippen LogP contribution >= 0.6 is 0 Å². The molecule has 0 aromatic carbocycles. The fourth-order valence-corrected chi connectivity index (χ4v) is 1.40. The summed E-state index contributed by atoms with van der Waals surface area (Å²) in [4.78, 5) is 17.9. The van der Waals surface area contributed by atoms with Crippen molar-refractivity contribution in [1.29, 1.82) is 0 Å². The second-order valence-electron chi connectivity index (χ2n) is 3.46. The van der Waals surface area contributed by atoms with Crippen molar-refractivity contribution in [3.63, 3.8) is 0 Å².